The molecule has 0 aliphatic heterocycles. The Labute approximate surface area is 95.7 Å². The van der Waals surface area contributed by atoms with Gasteiger partial charge in [-0.25, -0.2) is 4.98 Å². The number of nitrogens with one attached hydrogen (secondary N) is 2. The molecule has 4 heteroatoms. The Morgan fingerprint density at radius 2 is 2.31 bits per heavy atom. The Morgan fingerprint density at radius 1 is 1.44 bits per heavy atom. The molecule has 0 fully saturated rings. The van der Waals surface area contributed by atoms with Crippen LogP contribution in [0.25, 0.3) is 11.0 Å². The Kier molecular flexibility index (Phi) is 3.54. The van der Waals surface area contributed by atoms with Crippen LogP contribution in [0.15, 0.2) is 24.5 Å². The van der Waals surface area contributed by atoms with Crippen LogP contribution in [0.4, 0.5) is 0 Å². The van der Waals surface area contributed by atoms with Gasteiger partial charge in [-0.15, -0.1) is 0 Å². The number of H-pyrrole nitrogens is 1. The topological polar surface area (TPSA) is 44.0 Å². The molecular formula is C12H18N4. The largest absolute Gasteiger partial charge is 0.345 e. The predicted octanol–water partition coefficient (Wildman–Crippen LogP) is 1.21. The average molecular weight is 218 g/mol. The summed E-state index contributed by atoms with van der Waals surface area (Å²) in [5.74, 6) is 0. The van der Waals surface area contributed by atoms with Gasteiger partial charge in [-0.2, -0.15) is 0 Å². The fourth-order valence-electron chi connectivity index (χ4n) is 1.81. The van der Waals surface area contributed by atoms with Crippen LogP contribution in [0.2, 0.25) is 0 Å². The normalized spacial score (nSPS) is 11.4. The maximum Gasteiger partial charge on any atom is 0.0931 e. The molecule has 0 unspecified atom stereocenters. The summed E-state index contributed by atoms with van der Waals surface area (Å²) in [5, 5.41) is 3.14. The molecule has 0 saturated heterocycles. The summed E-state index contributed by atoms with van der Waals surface area (Å²) in [5.41, 5.74) is 3.50. The molecule has 1 aromatic carbocycles. The number of likely N-dealkylation sites (N-methyl/N-ethyl adjacent to an activating group) is 1. The predicted molar refractivity (Wildman–Crippen MR) is 66.4 cm³/mol. The SMILES string of the molecule is CNCN(C)CCc1ccc2nc[nH]c2c1. The Morgan fingerprint density at radius 3 is 3.12 bits per heavy atom. The van der Waals surface area contributed by atoms with Gasteiger partial charge in [-0.05, 0) is 38.2 Å². The molecule has 1 heterocycles. The van der Waals surface area contributed by atoms with Gasteiger partial charge in [0, 0.05) is 13.2 Å². The quantitative estimate of drug-likeness (QED) is 0.741. The second-order valence-electron chi connectivity index (χ2n) is 4.10. The van der Waals surface area contributed by atoms with Crippen LogP contribution in [0.5, 0.6) is 0 Å². The molecule has 0 atom stereocenters. The van der Waals surface area contributed by atoms with Crippen LogP contribution < -0.4 is 5.32 Å². The highest BCUT2D eigenvalue weighted by atomic mass is 15.2. The third-order valence-electron chi connectivity index (χ3n) is 2.69. The maximum absolute atomic E-state index is 4.21. The van der Waals surface area contributed by atoms with Gasteiger partial charge in [0.1, 0.15) is 0 Å². The minimum Gasteiger partial charge on any atom is -0.345 e. The number of imidazole rings is 1. The van der Waals surface area contributed by atoms with Crippen molar-refractivity contribution in [3.63, 3.8) is 0 Å². The maximum atomic E-state index is 4.21. The summed E-state index contributed by atoms with van der Waals surface area (Å²) >= 11 is 0. The molecule has 1 aromatic heterocycles. The zero-order chi connectivity index (χ0) is 11.4. The van der Waals surface area contributed by atoms with E-state index in [-0.39, 0.29) is 0 Å². The number of hydrogen-bond donors (Lipinski definition) is 2. The Balaban J connectivity index is 1.98. The first-order chi connectivity index (χ1) is 7.79. The highest BCUT2D eigenvalue weighted by Crippen LogP contribution is 2.12. The zero-order valence-electron chi connectivity index (χ0n) is 9.83. The van der Waals surface area contributed by atoms with Crippen molar-refractivity contribution in [1.82, 2.24) is 20.2 Å². The van der Waals surface area contributed by atoms with Crippen LogP contribution in [0.3, 0.4) is 0 Å². The van der Waals surface area contributed by atoms with E-state index < -0.39 is 0 Å². The molecule has 86 valence electrons. The lowest BCUT2D eigenvalue weighted by Crippen LogP contribution is -2.30. The molecule has 0 bridgehead atoms. The molecule has 2 aromatic rings. The van der Waals surface area contributed by atoms with E-state index in [2.05, 4.69) is 45.4 Å². The molecule has 0 aliphatic rings. The van der Waals surface area contributed by atoms with Crippen LogP contribution in [0, 0.1) is 0 Å². The molecule has 2 rings (SSSR count). The van der Waals surface area contributed by atoms with Crippen LogP contribution in [0.1, 0.15) is 5.56 Å². The van der Waals surface area contributed by atoms with E-state index in [1.54, 1.807) is 6.33 Å². The minimum absolute atomic E-state index is 0.923. The second kappa shape index (κ2) is 5.09. The van der Waals surface area contributed by atoms with Gasteiger partial charge >= 0.3 is 0 Å². The Bertz CT molecular complexity index is 449. The highest BCUT2D eigenvalue weighted by Gasteiger charge is 2.00. The monoisotopic (exact) mass is 218 g/mol. The number of rotatable bonds is 5. The van der Waals surface area contributed by atoms with Gasteiger partial charge in [0.25, 0.3) is 0 Å². The van der Waals surface area contributed by atoms with Gasteiger partial charge in [0.2, 0.25) is 0 Å². The van der Waals surface area contributed by atoms with Crippen molar-refractivity contribution in [2.24, 2.45) is 0 Å². The van der Waals surface area contributed by atoms with Crippen molar-refractivity contribution in [3.05, 3.63) is 30.1 Å². The first kappa shape index (κ1) is 11.1. The number of fused-ring (bicyclic) bond motifs is 1. The molecule has 16 heavy (non-hydrogen) atoms. The molecule has 0 radical (unpaired) electrons. The number of benzene rings is 1. The number of aromatic amines is 1. The lowest BCUT2D eigenvalue weighted by atomic mass is 10.1. The first-order valence-corrected chi connectivity index (χ1v) is 5.55. The molecule has 2 N–H and O–H groups in total. The van der Waals surface area contributed by atoms with Gasteiger partial charge in [0.05, 0.1) is 17.4 Å². The fraction of sp³-hybridized carbons (Fsp3) is 0.417. The van der Waals surface area contributed by atoms with Crippen LogP contribution >= 0.6 is 0 Å². The van der Waals surface area contributed by atoms with E-state index >= 15 is 0 Å². The minimum atomic E-state index is 0.923. The summed E-state index contributed by atoms with van der Waals surface area (Å²) in [6, 6.07) is 6.39. The van der Waals surface area contributed by atoms with Gasteiger partial charge in [0.15, 0.2) is 0 Å². The molecule has 0 amide bonds. The zero-order valence-corrected chi connectivity index (χ0v) is 9.83. The van der Waals surface area contributed by atoms with Crippen molar-refractivity contribution in [1.29, 1.82) is 0 Å². The van der Waals surface area contributed by atoms with Crippen LogP contribution in [-0.2, 0) is 6.42 Å². The number of nitrogens with zero attached hydrogens (tertiary/aromatic N) is 2. The van der Waals surface area contributed by atoms with E-state index in [1.165, 1.54) is 5.56 Å². The van der Waals surface area contributed by atoms with Gasteiger partial charge in [-0.1, -0.05) is 6.07 Å². The highest BCUT2D eigenvalue weighted by molar-refractivity contribution is 5.74. The lowest BCUT2D eigenvalue weighted by Gasteiger charge is -2.15. The van der Waals surface area contributed by atoms with Crippen LogP contribution in [-0.4, -0.2) is 42.2 Å². The molecule has 0 aliphatic carbocycles. The average Bonchev–Trinajstić information content (AvgIpc) is 2.74. The van der Waals surface area contributed by atoms with E-state index in [4.69, 9.17) is 0 Å². The standard InChI is InChI=1S/C12H18N4/c1-13-9-16(2)6-5-10-3-4-11-12(7-10)15-8-14-11/h3-4,7-8,13H,5-6,9H2,1-2H3,(H,14,15). The fourth-order valence-corrected chi connectivity index (χ4v) is 1.81. The van der Waals surface area contributed by atoms with Crippen molar-refractivity contribution in [3.8, 4) is 0 Å². The molecule has 4 nitrogen and oxygen atoms in total. The molecule has 0 saturated carbocycles. The van der Waals surface area contributed by atoms with Gasteiger partial charge < -0.3 is 10.3 Å². The number of hydrogen-bond acceptors (Lipinski definition) is 3. The molecular weight excluding hydrogens is 200 g/mol. The van der Waals surface area contributed by atoms with Crippen molar-refractivity contribution < 1.29 is 0 Å². The lowest BCUT2D eigenvalue weighted by molar-refractivity contribution is 0.321. The smallest absolute Gasteiger partial charge is 0.0931 e. The van der Waals surface area contributed by atoms with E-state index in [1.807, 2.05) is 7.05 Å². The number of aromatic nitrogens is 2. The summed E-state index contributed by atoms with van der Waals surface area (Å²) in [7, 11) is 4.08. The summed E-state index contributed by atoms with van der Waals surface area (Å²) < 4.78 is 0. The van der Waals surface area contributed by atoms with Crippen molar-refractivity contribution >= 4 is 11.0 Å². The van der Waals surface area contributed by atoms with Crippen molar-refractivity contribution in [2.75, 3.05) is 27.3 Å². The third kappa shape index (κ3) is 2.59. The summed E-state index contributed by atoms with van der Waals surface area (Å²) in [6.07, 6.45) is 2.80. The first-order valence-electron chi connectivity index (χ1n) is 5.55. The third-order valence-corrected chi connectivity index (χ3v) is 2.69. The van der Waals surface area contributed by atoms with Crippen molar-refractivity contribution in [2.45, 2.75) is 6.42 Å². The van der Waals surface area contributed by atoms with E-state index in [9.17, 15) is 0 Å². The summed E-state index contributed by atoms with van der Waals surface area (Å²) in [6.45, 7) is 1.98. The van der Waals surface area contributed by atoms with E-state index in [0.29, 0.717) is 0 Å². The Hall–Kier alpha value is -1.39. The molecule has 0 spiro atoms. The second-order valence-corrected chi connectivity index (χ2v) is 4.10. The summed E-state index contributed by atoms with van der Waals surface area (Å²) in [4.78, 5) is 9.61. The van der Waals surface area contributed by atoms with Gasteiger partial charge in [-0.3, -0.25) is 4.90 Å². The van der Waals surface area contributed by atoms with E-state index in [0.717, 1.165) is 30.7 Å².